The summed E-state index contributed by atoms with van der Waals surface area (Å²) in [5.74, 6) is 0. The van der Waals surface area contributed by atoms with Gasteiger partial charge in [0.2, 0.25) is 0 Å². The highest BCUT2D eigenvalue weighted by molar-refractivity contribution is 5.75. The standard InChI is InChI=1S/C14H14N4O/c15-10-3-1-2-4-11(10)16-8-9-5-6-12-13(7-9)18-14(19)17-12/h1-7,16H,8,15H2,(H2,17,18,19). The number of benzene rings is 2. The molecule has 0 radical (unpaired) electrons. The lowest BCUT2D eigenvalue weighted by atomic mass is 10.2. The lowest BCUT2D eigenvalue weighted by Gasteiger charge is -2.09. The smallest absolute Gasteiger partial charge is 0.323 e. The van der Waals surface area contributed by atoms with Gasteiger partial charge in [0.25, 0.3) is 0 Å². The van der Waals surface area contributed by atoms with E-state index in [1.165, 1.54) is 0 Å². The van der Waals surface area contributed by atoms with Crippen molar-refractivity contribution in [3.8, 4) is 0 Å². The molecule has 1 aromatic heterocycles. The number of rotatable bonds is 3. The number of hydrogen-bond acceptors (Lipinski definition) is 3. The number of anilines is 2. The zero-order valence-corrected chi connectivity index (χ0v) is 10.2. The molecule has 19 heavy (non-hydrogen) atoms. The van der Waals surface area contributed by atoms with Crippen LogP contribution in [0.3, 0.4) is 0 Å². The summed E-state index contributed by atoms with van der Waals surface area (Å²) in [6.45, 7) is 0.650. The molecule has 0 aliphatic carbocycles. The van der Waals surface area contributed by atoms with Gasteiger partial charge in [0.1, 0.15) is 0 Å². The van der Waals surface area contributed by atoms with Crippen molar-refractivity contribution in [1.82, 2.24) is 9.97 Å². The summed E-state index contributed by atoms with van der Waals surface area (Å²) >= 11 is 0. The first kappa shape index (κ1) is 11.4. The van der Waals surface area contributed by atoms with E-state index in [1.807, 2.05) is 42.5 Å². The number of hydrogen-bond donors (Lipinski definition) is 4. The topological polar surface area (TPSA) is 86.7 Å². The van der Waals surface area contributed by atoms with E-state index >= 15 is 0 Å². The van der Waals surface area contributed by atoms with E-state index in [4.69, 9.17) is 5.73 Å². The van der Waals surface area contributed by atoms with Crippen molar-refractivity contribution in [1.29, 1.82) is 0 Å². The fourth-order valence-electron chi connectivity index (χ4n) is 2.04. The average Bonchev–Trinajstić information content (AvgIpc) is 2.77. The van der Waals surface area contributed by atoms with Crippen LogP contribution < -0.4 is 16.7 Å². The number of H-pyrrole nitrogens is 2. The van der Waals surface area contributed by atoms with Crippen LogP contribution in [-0.4, -0.2) is 9.97 Å². The molecule has 3 rings (SSSR count). The van der Waals surface area contributed by atoms with E-state index in [1.54, 1.807) is 0 Å². The Kier molecular flexibility index (Phi) is 2.72. The van der Waals surface area contributed by atoms with Gasteiger partial charge in [0.05, 0.1) is 22.4 Å². The molecule has 5 heteroatoms. The third-order valence-electron chi connectivity index (χ3n) is 3.02. The van der Waals surface area contributed by atoms with Crippen molar-refractivity contribution in [3.05, 3.63) is 58.5 Å². The van der Waals surface area contributed by atoms with Gasteiger partial charge in [-0.2, -0.15) is 0 Å². The molecule has 3 aromatic rings. The maximum atomic E-state index is 11.2. The molecule has 1 heterocycles. The third kappa shape index (κ3) is 2.30. The monoisotopic (exact) mass is 254 g/mol. The minimum absolute atomic E-state index is 0.188. The quantitative estimate of drug-likeness (QED) is 0.539. The second-order valence-electron chi connectivity index (χ2n) is 4.40. The van der Waals surface area contributed by atoms with Crippen molar-refractivity contribution in [2.75, 3.05) is 11.1 Å². The van der Waals surface area contributed by atoms with Crippen LogP contribution in [0.4, 0.5) is 11.4 Å². The Morgan fingerprint density at radius 1 is 1.05 bits per heavy atom. The number of aromatic amines is 2. The minimum Gasteiger partial charge on any atom is -0.397 e. The Bertz CT molecular complexity index is 772. The summed E-state index contributed by atoms with van der Waals surface area (Å²) in [4.78, 5) is 16.6. The normalized spacial score (nSPS) is 10.7. The van der Waals surface area contributed by atoms with Crippen LogP contribution in [-0.2, 0) is 6.54 Å². The summed E-state index contributed by atoms with van der Waals surface area (Å²) in [5, 5.41) is 3.27. The molecule has 0 spiro atoms. The molecular weight excluding hydrogens is 240 g/mol. The molecule has 96 valence electrons. The third-order valence-corrected chi connectivity index (χ3v) is 3.02. The van der Waals surface area contributed by atoms with Crippen LogP contribution in [0.5, 0.6) is 0 Å². The largest absolute Gasteiger partial charge is 0.397 e. The van der Waals surface area contributed by atoms with E-state index in [0.29, 0.717) is 6.54 Å². The van der Waals surface area contributed by atoms with Crippen molar-refractivity contribution in [3.63, 3.8) is 0 Å². The highest BCUT2D eigenvalue weighted by Gasteiger charge is 2.01. The van der Waals surface area contributed by atoms with Gasteiger partial charge in [-0.1, -0.05) is 18.2 Å². The van der Waals surface area contributed by atoms with E-state index < -0.39 is 0 Å². The average molecular weight is 254 g/mol. The minimum atomic E-state index is -0.188. The molecule has 5 N–H and O–H groups in total. The first-order chi connectivity index (χ1) is 9.22. The number of aromatic nitrogens is 2. The van der Waals surface area contributed by atoms with E-state index in [0.717, 1.165) is 28.0 Å². The van der Waals surface area contributed by atoms with E-state index in [2.05, 4.69) is 15.3 Å². The zero-order valence-electron chi connectivity index (χ0n) is 10.2. The summed E-state index contributed by atoms with van der Waals surface area (Å²) in [6.07, 6.45) is 0. The lowest BCUT2D eigenvalue weighted by Crippen LogP contribution is -2.02. The molecule has 0 saturated heterocycles. The second kappa shape index (κ2) is 4.53. The van der Waals surface area contributed by atoms with Crippen molar-refractivity contribution in [2.45, 2.75) is 6.54 Å². The zero-order chi connectivity index (χ0) is 13.2. The fourth-order valence-corrected chi connectivity index (χ4v) is 2.04. The molecule has 2 aromatic carbocycles. The molecular formula is C14H14N4O. The first-order valence-corrected chi connectivity index (χ1v) is 6.02. The van der Waals surface area contributed by atoms with Gasteiger partial charge in [0, 0.05) is 6.54 Å². The molecule has 5 nitrogen and oxygen atoms in total. The summed E-state index contributed by atoms with van der Waals surface area (Å²) in [6, 6.07) is 13.4. The Morgan fingerprint density at radius 2 is 1.84 bits per heavy atom. The van der Waals surface area contributed by atoms with Gasteiger partial charge >= 0.3 is 5.69 Å². The molecule has 0 atom stereocenters. The summed E-state index contributed by atoms with van der Waals surface area (Å²) in [5.41, 5.74) is 10.0. The number of nitrogen functional groups attached to an aromatic ring is 1. The van der Waals surface area contributed by atoms with Crippen molar-refractivity contribution >= 4 is 22.4 Å². The molecule has 0 saturated carbocycles. The van der Waals surface area contributed by atoms with Crippen LogP contribution in [0.15, 0.2) is 47.3 Å². The SMILES string of the molecule is Nc1ccccc1NCc1ccc2[nH]c(=O)[nH]c2c1. The van der Waals surface area contributed by atoms with Crippen LogP contribution in [0.1, 0.15) is 5.56 Å². The van der Waals surface area contributed by atoms with E-state index in [-0.39, 0.29) is 5.69 Å². The first-order valence-electron chi connectivity index (χ1n) is 6.02. The van der Waals surface area contributed by atoms with Gasteiger partial charge in [-0.25, -0.2) is 4.79 Å². The molecule has 0 aliphatic rings. The van der Waals surface area contributed by atoms with Crippen molar-refractivity contribution in [2.24, 2.45) is 0 Å². The number of imidazole rings is 1. The van der Waals surface area contributed by atoms with E-state index in [9.17, 15) is 4.79 Å². The Balaban J connectivity index is 1.82. The summed E-state index contributed by atoms with van der Waals surface area (Å²) < 4.78 is 0. The highest BCUT2D eigenvalue weighted by Crippen LogP contribution is 2.18. The number of para-hydroxylation sites is 2. The van der Waals surface area contributed by atoms with Gasteiger partial charge in [-0.15, -0.1) is 0 Å². The van der Waals surface area contributed by atoms with Crippen LogP contribution in [0, 0.1) is 0 Å². The van der Waals surface area contributed by atoms with Gasteiger partial charge in [-0.05, 0) is 29.8 Å². The molecule has 0 fully saturated rings. The fraction of sp³-hybridized carbons (Fsp3) is 0.0714. The van der Waals surface area contributed by atoms with Gasteiger partial charge in [0.15, 0.2) is 0 Å². The number of nitrogens with two attached hydrogens (primary N) is 1. The predicted molar refractivity (Wildman–Crippen MR) is 77.1 cm³/mol. The maximum Gasteiger partial charge on any atom is 0.323 e. The van der Waals surface area contributed by atoms with Gasteiger partial charge in [-0.3, -0.25) is 0 Å². The highest BCUT2D eigenvalue weighted by atomic mass is 16.1. The Labute approximate surface area is 109 Å². The van der Waals surface area contributed by atoms with Crippen LogP contribution in [0.25, 0.3) is 11.0 Å². The molecule has 0 bridgehead atoms. The lowest BCUT2D eigenvalue weighted by molar-refractivity contribution is 1.15. The Hall–Kier alpha value is -2.69. The molecule has 0 unspecified atom stereocenters. The van der Waals surface area contributed by atoms with Crippen LogP contribution >= 0.6 is 0 Å². The predicted octanol–water partition coefficient (Wildman–Crippen LogP) is 2.05. The summed E-state index contributed by atoms with van der Waals surface area (Å²) in [7, 11) is 0. The Morgan fingerprint density at radius 3 is 2.68 bits per heavy atom. The molecule has 0 amide bonds. The maximum absolute atomic E-state index is 11.2. The number of fused-ring (bicyclic) bond motifs is 1. The second-order valence-corrected chi connectivity index (χ2v) is 4.40. The van der Waals surface area contributed by atoms with Gasteiger partial charge < -0.3 is 21.0 Å². The molecule has 0 aliphatic heterocycles. The van der Waals surface area contributed by atoms with Crippen molar-refractivity contribution < 1.29 is 0 Å². The van der Waals surface area contributed by atoms with Crippen LogP contribution in [0.2, 0.25) is 0 Å². The number of nitrogens with one attached hydrogen (secondary N) is 3.